The fourth-order valence-electron chi connectivity index (χ4n) is 4.81. The Balaban J connectivity index is 0.000000362. The zero-order valence-electron chi connectivity index (χ0n) is 31.0. The summed E-state index contributed by atoms with van der Waals surface area (Å²) < 4.78 is 13.7. The van der Waals surface area contributed by atoms with Gasteiger partial charge in [0.25, 0.3) is 0 Å². The van der Waals surface area contributed by atoms with E-state index >= 15 is 0 Å². The normalized spacial score (nSPS) is 10.7. The van der Waals surface area contributed by atoms with Crippen molar-refractivity contribution in [2.45, 2.75) is 58.5 Å². The zero-order chi connectivity index (χ0) is 41.4. The van der Waals surface area contributed by atoms with Crippen molar-refractivity contribution in [3.63, 3.8) is 0 Å². The van der Waals surface area contributed by atoms with Gasteiger partial charge in [-0.25, -0.2) is 29.0 Å². The number of rotatable bonds is 14. The number of nitriles is 1. The molecular weight excluding hydrogens is 859 g/mol. The molecule has 5 N–H and O–H groups in total. The molecule has 0 unspecified atom stereocenters. The molecule has 57 heavy (non-hydrogen) atoms. The molecule has 0 atom stereocenters. The van der Waals surface area contributed by atoms with Crippen molar-refractivity contribution in [1.82, 2.24) is 19.9 Å². The van der Waals surface area contributed by atoms with Crippen LogP contribution in [0, 0.1) is 16.1 Å². The molecule has 0 saturated carbocycles. The number of carboxylic acids is 3. The van der Waals surface area contributed by atoms with Crippen LogP contribution in [0.25, 0.3) is 44.6 Å². The number of aryl methyl sites for hydroxylation is 1. The number of hydrogen-bond acceptors (Lipinski definition) is 11. The summed E-state index contributed by atoms with van der Waals surface area (Å²) >= 11 is 5.49. The van der Waals surface area contributed by atoms with Crippen molar-refractivity contribution in [3.05, 3.63) is 118 Å². The molecule has 17 heteroatoms. The summed E-state index contributed by atoms with van der Waals surface area (Å²) in [5, 5.41) is 43.7. The van der Waals surface area contributed by atoms with E-state index in [1.807, 2.05) is 6.07 Å². The Morgan fingerprint density at radius 3 is 1.84 bits per heavy atom. The largest absolute Gasteiger partial charge is 2.00 e. The first-order valence-electron chi connectivity index (χ1n) is 17.0. The van der Waals surface area contributed by atoms with Crippen LogP contribution in [0.1, 0.15) is 88.1 Å². The summed E-state index contributed by atoms with van der Waals surface area (Å²) in [4.78, 5) is 53.0. The van der Waals surface area contributed by atoms with Crippen LogP contribution in [0.3, 0.4) is 0 Å². The number of hydrogen-bond donors (Lipinski definition) is 4. The van der Waals surface area contributed by atoms with E-state index in [0.29, 0.717) is 5.69 Å². The maximum absolute atomic E-state index is 13.7. The predicted octanol–water partition coefficient (Wildman–Crippen LogP) is 9.41. The number of nitrogens with one attached hydrogen (secondary N) is 2. The van der Waals surface area contributed by atoms with Gasteiger partial charge in [-0.15, -0.1) is 17.0 Å². The quantitative estimate of drug-likeness (QED) is 0.0268. The van der Waals surface area contributed by atoms with E-state index < -0.39 is 23.6 Å². The SMILES string of the molecule is CCCCCCc1ccc(-c2ccc(/C([NH-])=C/C(=N)C(C)(C)F)nc2)s1.N#C[S-].O=C(O)c1ccnc(-c2cc(C(=O)O)cc(-c3cc(C(=O)O)ccn3)n2)c1.[Ru+2]. The number of pyridine rings is 4. The average molecular weight is 897 g/mol. The van der Waals surface area contributed by atoms with Gasteiger partial charge in [-0.1, -0.05) is 37.7 Å². The van der Waals surface area contributed by atoms with Crippen molar-refractivity contribution < 1.29 is 53.6 Å². The Bertz CT molecular complexity index is 2180. The van der Waals surface area contributed by atoms with Crippen molar-refractivity contribution in [2.24, 2.45) is 0 Å². The molecular formula is C40H38FN7O6RuS2. The number of thiocyanates is 1. The van der Waals surface area contributed by atoms with E-state index in [-0.39, 0.29) is 70.4 Å². The van der Waals surface area contributed by atoms with E-state index in [1.165, 1.54) is 110 Å². The number of carbonyl (C=O) groups is 3. The fourth-order valence-corrected chi connectivity index (χ4v) is 5.85. The molecule has 5 heterocycles. The topological polar surface area (TPSA) is 235 Å². The fraction of sp³-hybridized carbons (Fsp3) is 0.225. The van der Waals surface area contributed by atoms with E-state index in [2.05, 4.69) is 51.6 Å². The van der Waals surface area contributed by atoms with Gasteiger partial charge in [-0.3, -0.25) is 15.0 Å². The molecule has 5 rings (SSSR count). The third-order valence-electron chi connectivity index (χ3n) is 7.80. The van der Waals surface area contributed by atoms with Gasteiger partial charge < -0.3 is 39.1 Å². The van der Waals surface area contributed by atoms with Crippen molar-refractivity contribution >= 4 is 53.3 Å². The Morgan fingerprint density at radius 1 is 0.860 bits per heavy atom. The minimum absolute atomic E-state index is 0. The molecule has 5 aromatic rings. The van der Waals surface area contributed by atoms with Crippen LogP contribution in [0.15, 0.2) is 85.3 Å². The van der Waals surface area contributed by atoms with Gasteiger partial charge in [0.2, 0.25) is 0 Å². The molecule has 5 aromatic heterocycles. The standard InChI is InChI=1S/C21H27FN3S.C18H11N3O6.CHNS.Ru/c1-4-5-6-7-8-16-10-12-19(26-16)15-9-11-18(25-14-15)17(23)13-20(24)21(2,3)22;22-16(23)9-1-3-19-12(5-9)14-7-11(18(26)27)8-15(21-14)13-6-10(17(24)25)2-4-20-13;2-1-3;/h9-14,23-24H,4-8H2,1-3H3;1-8H,(H,22,23)(H,24,25)(H,26,27);3H;/q-1;;;+2/p-1/b17-13-,24-20?;;;. The van der Waals surface area contributed by atoms with Gasteiger partial charge in [0.15, 0.2) is 0 Å². The Hall–Kier alpha value is -5.82. The maximum atomic E-state index is 13.7. The summed E-state index contributed by atoms with van der Waals surface area (Å²) in [6, 6.07) is 15.6. The summed E-state index contributed by atoms with van der Waals surface area (Å²) in [5.74, 6) is -3.56. The van der Waals surface area contributed by atoms with Crippen LogP contribution >= 0.6 is 11.3 Å². The van der Waals surface area contributed by atoms with Crippen LogP contribution in [0.4, 0.5) is 4.39 Å². The maximum Gasteiger partial charge on any atom is 2.00 e. The van der Waals surface area contributed by atoms with Crippen molar-refractivity contribution in [2.75, 3.05) is 0 Å². The van der Waals surface area contributed by atoms with Gasteiger partial charge in [0, 0.05) is 39.6 Å². The average Bonchev–Trinajstić information content (AvgIpc) is 3.65. The molecule has 0 aliphatic heterocycles. The number of aromatic carboxylic acids is 3. The van der Waals surface area contributed by atoms with Crippen LogP contribution in [-0.2, 0) is 38.5 Å². The van der Waals surface area contributed by atoms with Crippen LogP contribution < -0.4 is 0 Å². The molecule has 0 amide bonds. The number of allylic oxidation sites excluding steroid dienone is 1. The first-order chi connectivity index (χ1) is 26.6. The summed E-state index contributed by atoms with van der Waals surface area (Å²) in [6.07, 6.45) is 11.7. The van der Waals surface area contributed by atoms with Crippen LogP contribution in [-0.4, -0.2) is 64.5 Å². The molecule has 0 bridgehead atoms. The Labute approximate surface area is 351 Å². The van der Waals surface area contributed by atoms with Gasteiger partial charge >= 0.3 is 37.4 Å². The summed E-state index contributed by atoms with van der Waals surface area (Å²) in [7, 11) is 0. The van der Waals surface area contributed by atoms with Gasteiger partial charge in [-0.05, 0) is 87.4 Å². The minimum Gasteiger partial charge on any atom is -0.697 e. The number of thiophene rings is 1. The number of halogens is 1. The van der Waals surface area contributed by atoms with E-state index in [9.17, 15) is 23.9 Å². The number of alkyl halides is 1. The first-order valence-corrected chi connectivity index (χ1v) is 18.2. The number of aromatic nitrogens is 4. The molecule has 0 spiro atoms. The second kappa shape index (κ2) is 22.7. The predicted molar refractivity (Wildman–Crippen MR) is 215 cm³/mol. The summed E-state index contributed by atoms with van der Waals surface area (Å²) in [6.45, 7) is 4.84. The van der Waals surface area contributed by atoms with Crippen LogP contribution in [0.2, 0.25) is 0 Å². The first kappa shape index (κ1) is 47.3. The molecule has 0 saturated heterocycles. The van der Waals surface area contributed by atoms with Gasteiger partial charge in [-0.2, -0.15) is 0 Å². The van der Waals surface area contributed by atoms with Crippen LogP contribution in [0.5, 0.6) is 0 Å². The smallest absolute Gasteiger partial charge is 0.697 e. The minimum atomic E-state index is -1.75. The van der Waals surface area contributed by atoms with Crippen molar-refractivity contribution in [3.8, 4) is 38.6 Å². The monoisotopic (exact) mass is 897 g/mol. The van der Waals surface area contributed by atoms with E-state index in [0.717, 1.165) is 12.0 Å². The van der Waals surface area contributed by atoms with E-state index in [4.69, 9.17) is 26.6 Å². The summed E-state index contributed by atoms with van der Waals surface area (Å²) in [5.41, 5.74) is 7.92. The second-order valence-corrected chi connectivity index (χ2v) is 13.8. The molecule has 0 fully saturated rings. The molecule has 0 radical (unpaired) electrons. The Morgan fingerprint density at radius 2 is 1.39 bits per heavy atom. The third kappa shape index (κ3) is 14.6. The molecule has 0 aliphatic rings. The van der Waals surface area contributed by atoms with Gasteiger partial charge in [0.1, 0.15) is 5.67 Å². The van der Waals surface area contributed by atoms with Gasteiger partial charge in [0.05, 0.1) is 45.2 Å². The second-order valence-electron chi connectivity index (χ2n) is 12.4. The zero-order valence-corrected chi connectivity index (χ0v) is 34.3. The molecule has 296 valence electrons. The third-order valence-corrected chi connectivity index (χ3v) is 9.00. The number of nitrogens with zero attached hydrogens (tertiary/aromatic N) is 5. The number of carboxylic acid groups (broad SMARTS) is 3. The molecule has 0 aromatic carbocycles. The Kier molecular flexibility index (Phi) is 18.8. The van der Waals surface area contributed by atoms with Crippen molar-refractivity contribution in [1.29, 1.82) is 10.7 Å². The van der Waals surface area contributed by atoms with E-state index in [1.54, 1.807) is 23.6 Å². The number of unbranched alkanes of at least 4 members (excludes halogenated alkanes) is 3. The molecule has 0 aliphatic carbocycles. The molecule has 13 nitrogen and oxygen atoms in total.